The SMILES string of the molecule is CCc1ccc(N2CCN(S(=O)(=O)C[C@@]34CC[C@@H](CC3=O)C4(C)C)CC2)cc1. The Morgan fingerprint density at radius 1 is 1.07 bits per heavy atom. The Balaban J connectivity index is 1.44. The zero-order valence-electron chi connectivity index (χ0n) is 17.3. The van der Waals surface area contributed by atoms with Gasteiger partial charge in [-0.05, 0) is 48.3 Å². The molecule has 2 aliphatic carbocycles. The van der Waals surface area contributed by atoms with Crippen LogP contribution in [0.5, 0.6) is 0 Å². The minimum Gasteiger partial charge on any atom is -0.369 e. The molecule has 3 aliphatic rings. The Morgan fingerprint density at radius 2 is 1.71 bits per heavy atom. The normalized spacial score (nSPS) is 30.2. The van der Waals surface area contributed by atoms with Gasteiger partial charge in [-0.15, -0.1) is 0 Å². The molecule has 2 atom stereocenters. The summed E-state index contributed by atoms with van der Waals surface area (Å²) in [5.41, 5.74) is 1.57. The topological polar surface area (TPSA) is 57.7 Å². The molecule has 4 rings (SSSR count). The van der Waals surface area contributed by atoms with Crippen LogP contribution in [0.1, 0.15) is 45.6 Å². The molecule has 2 saturated carbocycles. The zero-order valence-corrected chi connectivity index (χ0v) is 18.1. The average molecular weight is 405 g/mol. The first-order valence-electron chi connectivity index (χ1n) is 10.5. The summed E-state index contributed by atoms with van der Waals surface area (Å²) in [5, 5.41) is 0. The average Bonchev–Trinajstić information content (AvgIpc) is 3.02. The monoisotopic (exact) mass is 404 g/mol. The summed E-state index contributed by atoms with van der Waals surface area (Å²) in [5.74, 6) is 0.512. The van der Waals surface area contributed by atoms with Crippen LogP contribution >= 0.6 is 0 Å². The Labute approximate surface area is 169 Å². The van der Waals surface area contributed by atoms with Crippen LogP contribution in [0.15, 0.2) is 24.3 Å². The van der Waals surface area contributed by atoms with E-state index < -0.39 is 15.4 Å². The van der Waals surface area contributed by atoms with Crippen LogP contribution in [-0.2, 0) is 21.2 Å². The number of rotatable bonds is 5. The van der Waals surface area contributed by atoms with E-state index in [1.54, 1.807) is 4.31 Å². The molecule has 6 heteroatoms. The van der Waals surface area contributed by atoms with E-state index in [1.807, 2.05) is 0 Å². The van der Waals surface area contributed by atoms with Gasteiger partial charge in [0.1, 0.15) is 5.78 Å². The van der Waals surface area contributed by atoms with E-state index in [2.05, 4.69) is 49.9 Å². The summed E-state index contributed by atoms with van der Waals surface area (Å²) in [7, 11) is -3.45. The highest BCUT2D eigenvalue weighted by Gasteiger charge is 2.65. The number of hydrogen-bond acceptors (Lipinski definition) is 4. The summed E-state index contributed by atoms with van der Waals surface area (Å²) < 4.78 is 28.1. The quantitative estimate of drug-likeness (QED) is 0.757. The maximum atomic E-state index is 13.2. The first-order chi connectivity index (χ1) is 13.2. The molecule has 1 aromatic carbocycles. The lowest BCUT2D eigenvalue weighted by Crippen LogP contribution is -2.52. The van der Waals surface area contributed by atoms with Crippen LogP contribution in [0.25, 0.3) is 0 Å². The number of carbonyl (C=O) groups excluding carboxylic acids is 1. The van der Waals surface area contributed by atoms with Crippen molar-refractivity contribution in [1.29, 1.82) is 0 Å². The fourth-order valence-electron chi connectivity index (χ4n) is 5.68. The molecule has 0 radical (unpaired) electrons. The van der Waals surface area contributed by atoms with Crippen LogP contribution in [0, 0.1) is 16.7 Å². The van der Waals surface area contributed by atoms with Gasteiger partial charge < -0.3 is 4.90 Å². The second-order valence-electron chi connectivity index (χ2n) is 9.33. The summed E-state index contributed by atoms with van der Waals surface area (Å²) in [4.78, 5) is 15.0. The second kappa shape index (κ2) is 6.84. The van der Waals surface area contributed by atoms with Gasteiger partial charge in [0.15, 0.2) is 0 Å². The summed E-state index contributed by atoms with van der Waals surface area (Å²) in [6.07, 6.45) is 3.29. The van der Waals surface area contributed by atoms with Crippen LogP contribution in [-0.4, -0.2) is 50.4 Å². The van der Waals surface area contributed by atoms with Crippen LogP contribution in [0.3, 0.4) is 0 Å². The first-order valence-corrected chi connectivity index (χ1v) is 12.2. The molecule has 1 heterocycles. The lowest BCUT2D eigenvalue weighted by molar-refractivity contribution is -0.128. The van der Waals surface area contributed by atoms with Crippen molar-refractivity contribution in [2.75, 3.05) is 36.8 Å². The third-order valence-electron chi connectivity index (χ3n) is 7.91. The van der Waals surface area contributed by atoms with Crippen molar-refractivity contribution in [3.63, 3.8) is 0 Å². The van der Waals surface area contributed by atoms with Crippen molar-refractivity contribution in [3.8, 4) is 0 Å². The van der Waals surface area contributed by atoms with E-state index in [4.69, 9.17) is 0 Å². The van der Waals surface area contributed by atoms with Crippen molar-refractivity contribution in [1.82, 2.24) is 4.31 Å². The minimum atomic E-state index is -3.45. The molecule has 0 spiro atoms. The third-order valence-corrected chi connectivity index (χ3v) is 9.92. The molecule has 0 amide bonds. The van der Waals surface area contributed by atoms with Crippen molar-refractivity contribution in [2.24, 2.45) is 16.7 Å². The van der Waals surface area contributed by atoms with Gasteiger partial charge in [0.2, 0.25) is 10.0 Å². The molecule has 1 aromatic rings. The molecular formula is C22H32N2O3S. The van der Waals surface area contributed by atoms with Gasteiger partial charge in [-0.3, -0.25) is 4.79 Å². The van der Waals surface area contributed by atoms with Crippen LogP contribution < -0.4 is 4.90 Å². The fourth-order valence-corrected chi connectivity index (χ4v) is 7.88. The Hall–Kier alpha value is -1.40. The largest absolute Gasteiger partial charge is 0.369 e. The Morgan fingerprint density at radius 3 is 2.21 bits per heavy atom. The van der Waals surface area contributed by atoms with Crippen LogP contribution in [0.4, 0.5) is 5.69 Å². The predicted octanol–water partition coefficient (Wildman–Crippen LogP) is 3.10. The van der Waals surface area contributed by atoms with Gasteiger partial charge in [-0.1, -0.05) is 32.9 Å². The Kier molecular flexibility index (Phi) is 4.86. The van der Waals surface area contributed by atoms with E-state index in [0.717, 1.165) is 24.9 Å². The molecule has 0 N–H and O–H groups in total. The van der Waals surface area contributed by atoms with Gasteiger partial charge in [0, 0.05) is 43.7 Å². The number of carbonyl (C=O) groups is 1. The maximum Gasteiger partial charge on any atom is 0.215 e. The van der Waals surface area contributed by atoms with Gasteiger partial charge in [-0.25, -0.2) is 8.42 Å². The predicted molar refractivity (Wildman–Crippen MR) is 112 cm³/mol. The van der Waals surface area contributed by atoms with E-state index in [0.29, 0.717) is 38.5 Å². The standard InChI is InChI=1S/C22H32N2O3S/c1-4-17-5-7-19(8-6-17)23-11-13-24(14-12-23)28(26,27)16-22-10-9-18(15-20(22)25)21(22,2)3/h5-8,18H,4,9-16H2,1-3H3/t18-,22-/m0/s1. The van der Waals surface area contributed by atoms with Crippen molar-refractivity contribution >= 4 is 21.5 Å². The van der Waals surface area contributed by atoms with Crippen LogP contribution in [0.2, 0.25) is 0 Å². The minimum absolute atomic E-state index is 0.00642. The lowest BCUT2D eigenvalue weighted by Gasteiger charge is -2.40. The van der Waals surface area contributed by atoms with Crippen molar-refractivity contribution in [3.05, 3.63) is 29.8 Å². The number of anilines is 1. The van der Waals surface area contributed by atoms with E-state index >= 15 is 0 Å². The molecule has 1 aliphatic heterocycles. The highest BCUT2D eigenvalue weighted by molar-refractivity contribution is 7.89. The highest BCUT2D eigenvalue weighted by Crippen LogP contribution is 2.64. The first kappa shape index (κ1) is 19.9. The number of ketones is 1. The summed E-state index contributed by atoms with van der Waals surface area (Å²) in [6, 6.07) is 8.53. The molecule has 0 unspecified atom stereocenters. The molecule has 3 fully saturated rings. The second-order valence-corrected chi connectivity index (χ2v) is 11.3. The van der Waals surface area contributed by atoms with E-state index in [9.17, 15) is 13.2 Å². The highest BCUT2D eigenvalue weighted by atomic mass is 32.2. The van der Waals surface area contributed by atoms with Gasteiger partial charge in [-0.2, -0.15) is 4.31 Å². The Bertz CT molecular complexity index is 854. The number of aryl methyl sites for hydroxylation is 1. The molecule has 0 aromatic heterocycles. The smallest absolute Gasteiger partial charge is 0.215 e. The molecule has 2 bridgehead atoms. The summed E-state index contributed by atoms with van der Waals surface area (Å²) in [6.45, 7) is 8.71. The van der Waals surface area contributed by atoms with E-state index in [-0.39, 0.29) is 17.0 Å². The van der Waals surface area contributed by atoms with Crippen molar-refractivity contribution in [2.45, 2.75) is 46.5 Å². The number of piperazine rings is 1. The molecule has 1 saturated heterocycles. The number of sulfonamides is 1. The molecular weight excluding hydrogens is 372 g/mol. The van der Waals surface area contributed by atoms with Gasteiger partial charge >= 0.3 is 0 Å². The number of benzene rings is 1. The number of nitrogens with zero attached hydrogens (tertiary/aromatic N) is 2. The third kappa shape index (κ3) is 3.00. The lowest BCUT2D eigenvalue weighted by atomic mass is 9.70. The molecule has 5 nitrogen and oxygen atoms in total. The number of fused-ring (bicyclic) bond motifs is 2. The van der Waals surface area contributed by atoms with Crippen molar-refractivity contribution < 1.29 is 13.2 Å². The molecule has 154 valence electrons. The molecule has 28 heavy (non-hydrogen) atoms. The maximum absolute atomic E-state index is 13.2. The zero-order chi connectivity index (χ0) is 20.2. The summed E-state index contributed by atoms with van der Waals surface area (Å²) >= 11 is 0. The van der Waals surface area contributed by atoms with Gasteiger partial charge in [0.05, 0.1) is 5.75 Å². The number of hydrogen-bond donors (Lipinski definition) is 0. The van der Waals surface area contributed by atoms with Gasteiger partial charge in [0.25, 0.3) is 0 Å². The number of Topliss-reactive ketones (excluding diaryl/α,β-unsaturated/α-hetero) is 1. The van der Waals surface area contributed by atoms with E-state index in [1.165, 1.54) is 5.56 Å². The fraction of sp³-hybridized carbons (Fsp3) is 0.682.